The Bertz CT molecular complexity index is 1010. The molecule has 3 aromatic rings. The van der Waals surface area contributed by atoms with Crippen LogP contribution in [0.4, 0.5) is 5.69 Å². The third-order valence-electron chi connectivity index (χ3n) is 3.83. The van der Waals surface area contributed by atoms with Crippen molar-refractivity contribution in [1.82, 2.24) is 10.1 Å². The molecule has 0 unspecified atom stereocenters. The summed E-state index contributed by atoms with van der Waals surface area (Å²) >= 11 is 5.96. The van der Waals surface area contributed by atoms with Crippen LogP contribution in [0.15, 0.2) is 47.0 Å². The zero-order chi connectivity index (χ0) is 19.9. The molecule has 0 saturated heterocycles. The smallest absolute Gasteiger partial charge is 0.227 e. The number of nitriles is 1. The molecule has 1 amide bonds. The normalized spacial score (nSPS) is 10.3. The fraction of sp³-hybridized carbons (Fsp3) is 0.200. The van der Waals surface area contributed by atoms with E-state index >= 15 is 0 Å². The summed E-state index contributed by atoms with van der Waals surface area (Å²) in [5.74, 6) is 1.38. The topological polar surface area (TPSA) is 101 Å². The lowest BCUT2D eigenvalue weighted by Crippen LogP contribution is -2.12. The number of carbonyl (C=O) groups is 1. The molecular weight excluding hydrogens is 380 g/mol. The molecule has 8 heteroatoms. The molecule has 0 fully saturated rings. The van der Waals surface area contributed by atoms with Gasteiger partial charge in [-0.2, -0.15) is 10.2 Å². The number of hydrogen-bond donors (Lipinski definition) is 1. The predicted octanol–water partition coefficient (Wildman–Crippen LogP) is 4.23. The molecule has 3 rings (SSSR count). The van der Waals surface area contributed by atoms with Gasteiger partial charge in [0.05, 0.1) is 17.2 Å². The number of nitrogens with one attached hydrogen (secondary N) is 1. The molecular formula is C20H17ClN4O3. The first-order valence-corrected chi connectivity index (χ1v) is 9.02. The van der Waals surface area contributed by atoms with Crippen LogP contribution in [0.1, 0.15) is 24.8 Å². The number of hydrogen-bond acceptors (Lipinski definition) is 6. The van der Waals surface area contributed by atoms with Gasteiger partial charge in [0.2, 0.25) is 17.6 Å². The summed E-state index contributed by atoms with van der Waals surface area (Å²) in [6, 6.07) is 14.1. The number of carbonyl (C=O) groups excluding carboxylic acids is 1. The SMILES string of the molecule is CCOc1ccc(-c2noc(CCC(=O)Nc3ccc(C#N)c(Cl)c3)n2)cc1. The van der Waals surface area contributed by atoms with Crippen molar-refractivity contribution in [3.8, 4) is 23.2 Å². The van der Waals surface area contributed by atoms with Gasteiger partial charge in [-0.3, -0.25) is 4.79 Å². The lowest BCUT2D eigenvalue weighted by atomic mass is 10.2. The van der Waals surface area contributed by atoms with E-state index in [0.717, 1.165) is 11.3 Å². The molecule has 0 aliphatic rings. The first-order chi connectivity index (χ1) is 13.6. The summed E-state index contributed by atoms with van der Waals surface area (Å²) in [6.45, 7) is 2.52. The van der Waals surface area contributed by atoms with E-state index in [0.29, 0.717) is 36.0 Å². The fourth-order valence-corrected chi connectivity index (χ4v) is 2.69. The van der Waals surface area contributed by atoms with Gasteiger partial charge >= 0.3 is 0 Å². The summed E-state index contributed by atoms with van der Waals surface area (Å²) in [5, 5.41) is 15.8. The molecule has 0 aliphatic carbocycles. The Hall–Kier alpha value is -3.37. The van der Waals surface area contributed by atoms with Gasteiger partial charge < -0.3 is 14.6 Å². The van der Waals surface area contributed by atoms with E-state index in [-0.39, 0.29) is 17.4 Å². The van der Waals surface area contributed by atoms with Gasteiger partial charge in [-0.25, -0.2) is 0 Å². The van der Waals surface area contributed by atoms with Gasteiger partial charge in [0.15, 0.2) is 0 Å². The second-order valence-corrected chi connectivity index (χ2v) is 6.23. The Morgan fingerprint density at radius 1 is 1.29 bits per heavy atom. The van der Waals surface area contributed by atoms with Crippen LogP contribution in [0, 0.1) is 11.3 Å². The second kappa shape index (κ2) is 9.02. The molecule has 7 nitrogen and oxygen atoms in total. The van der Waals surface area contributed by atoms with E-state index in [4.69, 9.17) is 26.1 Å². The monoisotopic (exact) mass is 396 g/mol. The lowest BCUT2D eigenvalue weighted by Gasteiger charge is -2.05. The van der Waals surface area contributed by atoms with Crippen molar-refractivity contribution in [1.29, 1.82) is 5.26 Å². The van der Waals surface area contributed by atoms with Crippen molar-refractivity contribution in [2.45, 2.75) is 19.8 Å². The quantitative estimate of drug-likeness (QED) is 0.641. The third-order valence-corrected chi connectivity index (χ3v) is 4.14. The molecule has 0 radical (unpaired) electrons. The van der Waals surface area contributed by atoms with E-state index in [9.17, 15) is 4.79 Å². The number of amides is 1. The molecule has 1 heterocycles. The van der Waals surface area contributed by atoms with E-state index in [1.54, 1.807) is 12.1 Å². The zero-order valence-corrected chi connectivity index (χ0v) is 15.9. The Balaban J connectivity index is 1.56. The summed E-state index contributed by atoms with van der Waals surface area (Å²) in [6.07, 6.45) is 0.475. The molecule has 2 aromatic carbocycles. The van der Waals surface area contributed by atoms with Crippen LogP contribution in [-0.2, 0) is 11.2 Å². The molecule has 28 heavy (non-hydrogen) atoms. The number of rotatable bonds is 7. The maximum absolute atomic E-state index is 12.1. The molecule has 0 atom stereocenters. The van der Waals surface area contributed by atoms with Crippen molar-refractivity contribution in [2.75, 3.05) is 11.9 Å². The number of benzene rings is 2. The number of ether oxygens (including phenoxy) is 1. The Morgan fingerprint density at radius 2 is 2.07 bits per heavy atom. The van der Waals surface area contributed by atoms with Crippen molar-refractivity contribution in [2.24, 2.45) is 0 Å². The first kappa shape index (κ1) is 19.4. The highest BCUT2D eigenvalue weighted by atomic mass is 35.5. The molecule has 0 saturated carbocycles. The molecule has 0 spiro atoms. The Labute approximate surface area is 166 Å². The van der Waals surface area contributed by atoms with E-state index in [2.05, 4.69) is 15.5 Å². The van der Waals surface area contributed by atoms with Crippen LogP contribution < -0.4 is 10.1 Å². The standard InChI is InChI=1S/C20H17ClN4O3/c1-2-27-16-7-4-13(5-8-16)20-24-19(28-25-20)10-9-18(26)23-15-6-3-14(12-22)17(21)11-15/h3-8,11H,2,9-10H2,1H3,(H,23,26). The van der Waals surface area contributed by atoms with Crippen LogP contribution in [0.25, 0.3) is 11.4 Å². The average molecular weight is 397 g/mol. The Kier molecular flexibility index (Phi) is 6.25. The van der Waals surface area contributed by atoms with Crippen LogP contribution in [0.3, 0.4) is 0 Å². The van der Waals surface area contributed by atoms with Crippen molar-refractivity contribution in [3.63, 3.8) is 0 Å². The number of anilines is 1. The highest BCUT2D eigenvalue weighted by molar-refractivity contribution is 6.32. The van der Waals surface area contributed by atoms with Gasteiger partial charge in [-0.05, 0) is 49.4 Å². The molecule has 1 N–H and O–H groups in total. The number of halogens is 1. The van der Waals surface area contributed by atoms with Crippen LogP contribution in [-0.4, -0.2) is 22.7 Å². The van der Waals surface area contributed by atoms with Crippen molar-refractivity contribution in [3.05, 3.63) is 58.9 Å². The van der Waals surface area contributed by atoms with Crippen LogP contribution in [0.5, 0.6) is 5.75 Å². The third kappa shape index (κ3) is 4.87. The van der Waals surface area contributed by atoms with Gasteiger partial charge in [0.1, 0.15) is 11.8 Å². The average Bonchev–Trinajstić information content (AvgIpc) is 3.16. The number of aryl methyl sites for hydroxylation is 1. The summed E-state index contributed by atoms with van der Waals surface area (Å²) in [7, 11) is 0. The van der Waals surface area contributed by atoms with Gasteiger partial charge in [0, 0.05) is 24.1 Å². The summed E-state index contributed by atoms with van der Waals surface area (Å²) < 4.78 is 10.6. The molecule has 1 aromatic heterocycles. The zero-order valence-electron chi connectivity index (χ0n) is 15.1. The van der Waals surface area contributed by atoms with Gasteiger partial charge in [0.25, 0.3) is 0 Å². The van der Waals surface area contributed by atoms with Gasteiger partial charge in [-0.1, -0.05) is 16.8 Å². The fourth-order valence-electron chi connectivity index (χ4n) is 2.47. The summed E-state index contributed by atoms with van der Waals surface area (Å²) in [4.78, 5) is 16.4. The van der Waals surface area contributed by atoms with E-state index in [1.165, 1.54) is 6.07 Å². The van der Waals surface area contributed by atoms with Crippen molar-refractivity contribution >= 4 is 23.2 Å². The first-order valence-electron chi connectivity index (χ1n) is 8.64. The minimum atomic E-state index is -0.221. The van der Waals surface area contributed by atoms with E-state index < -0.39 is 0 Å². The maximum atomic E-state index is 12.1. The number of nitrogens with zero attached hydrogens (tertiary/aromatic N) is 3. The summed E-state index contributed by atoms with van der Waals surface area (Å²) in [5.41, 5.74) is 1.68. The molecule has 0 aliphatic heterocycles. The largest absolute Gasteiger partial charge is 0.494 e. The minimum absolute atomic E-state index is 0.169. The maximum Gasteiger partial charge on any atom is 0.227 e. The minimum Gasteiger partial charge on any atom is -0.494 e. The highest BCUT2D eigenvalue weighted by Gasteiger charge is 2.12. The Morgan fingerprint density at radius 3 is 2.75 bits per heavy atom. The van der Waals surface area contributed by atoms with Gasteiger partial charge in [-0.15, -0.1) is 0 Å². The van der Waals surface area contributed by atoms with Crippen molar-refractivity contribution < 1.29 is 14.1 Å². The predicted molar refractivity (Wildman–Crippen MR) is 104 cm³/mol. The van der Waals surface area contributed by atoms with E-state index in [1.807, 2.05) is 37.3 Å². The highest BCUT2D eigenvalue weighted by Crippen LogP contribution is 2.22. The molecule has 142 valence electrons. The lowest BCUT2D eigenvalue weighted by molar-refractivity contribution is -0.116. The van der Waals surface area contributed by atoms with Crippen LogP contribution >= 0.6 is 11.6 Å². The second-order valence-electron chi connectivity index (χ2n) is 5.82. The number of aromatic nitrogens is 2. The van der Waals surface area contributed by atoms with Crippen LogP contribution in [0.2, 0.25) is 5.02 Å². The molecule has 0 bridgehead atoms.